The average molecular weight is 334 g/mol. The van der Waals surface area contributed by atoms with Crippen molar-refractivity contribution in [2.75, 3.05) is 43.1 Å². The predicted octanol–water partition coefficient (Wildman–Crippen LogP) is 0.962. The third kappa shape index (κ3) is 3.85. The van der Waals surface area contributed by atoms with Gasteiger partial charge in [-0.05, 0) is 25.7 Å². The Labute approximate surface area is 142 Å². The van der Waals surface area contributed by atoms with Crippen LogP contribution in [0.15, 0.2) is 0 Å². The number of methoxy groups -OCH3 is 1. The molecule has 2 aliphatic rings. The van der Waals surface area contributed by atoms with Crippen LogP contribution < -0.4 is 20.3 Å². The standard InChI is InChI=1S/C16H26N6O2/c1-24-16-19-14(21-8-4-2-3-5-9-21)18-15(20-16)22-10-6-7-12(11-22)13(17)23/h12H,2-11H2,1H3,(H2,17,23). The molecule has 0 aromatic carbocycles. The molecule has 2 saturated heterocycles. The lowest BCUT2D eigenvalue weighted by Crippen LogP contribution is -2.42. The van der Waals surface area contributed by atoms with Crippen LogP contribution in [0.3, 0.4) is 0 Å². The maximum absolute atomic E-state index is 11.5. The first-order valence-electron chi connectivity index (χ1n) is 8.76. The van der Waals surface area contributed by atoms with Crippen molar-refractivity contribution < 1.29 is 9.53 Å². The van der Waals surface area contributed by atoms with Crippen molar-refractivity contribution in [3.8, 4) is 6.01 Å². The Morgan fingerprint density at radius 3 is 2.25 bits per heavy atom. The van der Waals surface area contributed by atoms with Crippen LogP contribution in [0.5, 0.6) is 6.01 Å². The normalized spacial score (nSPS) is 22.1. The fourth-order valence-electron chi connectivity index (χ4n) is 3.37. The van der Waals surface area contributed by atoms with Crippen LogP contribution in [0, 0.1) is 5.92 Å². The van der Waals surface area contributed by atoms with Gasteiger partial charge in [-0.15, -0.1) is 0 Å². The summed E-state index contributed by atoms with van der Waals surface area (Å²) < 4.78 is 5.28. The van der Waals surface area contributed by atoms with Crippen LogP contribution in [0.2, 0.25) is 0 Å². The van der Waals surface area contributed by atoms with Gasteiger partial charge in [-0.3, -0.25) is 4.79 Å². The molecule has 0 bridgehead atoms. The van der Waals surface area contributed by atoms with Gasteiger partial charge in [-0.25, -0.2) is 0 Å². The van der Waals surface area contributed by atoms with Crippen molar-refractivity contribution in [3.63, 3.8) is 0 Å². The summed E-state index contributed by atoms with van der Waals surface area (Å²) in [6, 6.07) is 0.320. The first kappa shape index (κ1) is 16.7. The molecule has 3 rings (SSSR count). The number of hydrogen-bond acceptors (Lipinski definition) is 7. The predicted molar refractivity (Wildman–Crippen MR) is 91.2 cm³/mol. The van der Waals surface area contributed by atoms with Gasteiger partial charge in [0.1, 0.15) is 0 Å². The molecule has 0 aliphatic carbocycles. The second kappa shape index (κ2) is 7.63. The summed E-state index contributed by atoms with van der Waals surface area (Å²) in [6.45, 7) is 3.28. The van der Waals surface area contributed by atoms with E-state index in [1.54, 1.807) is 7.11 Å². The number of piperidine rings is 1. The number of hydrogen-bond donors (Lipinski definition) is 1. The maximum Gasteiger partial charge on any atom is 0.322 e. The van der Waals surface area contributed by atoms with Crippen molar-refractivity contribution in [3.05, 3.63) is 0 Å². The molecule has 1 atom stereocenters. The van der Waals surface area contributed by atoms with Gasteiger partial charge in [-0.1, -0.05) is 12.8 Å². The molecule has 3 heterocycles. The summed E-state index contributed by atoms with van der Waals surface area (Å²) in [6.07, 6.45) is 6.53. The third-order valence-corrected chi connectivity index (χ3v) is 4.77. The number of amides is 1. The van der Waals surface area contributed by atoms with Gasteiger partial charge in [0.05, 0.1) is 13.0 Å². The molecule has 0 radical (unpaired) electrons. The number of aromatic nitrogens is 3. The van der Waals surface area contributed by atoms with E-state index in [0.717, 1.165) is 45.3 Å². The lowest BCUT2D eigenvalue weighted by molar-refractivity contribution is -0.122. The molecular formula is C16H26N6O2. The number of nitrogens with two attached hydrogens (primary N) is 1. The van der Waals surface area contributed by atoms with Crippen LogP contribution in [0.4, 0.5) is 11.9 Å². The van der Waals surface area contributed by atoms with Crippen molar-refractivity contribution in [2.45, 2.75) is 38.5 Å². The van der Waals surface area contributed by atoms with Gasteiger partial charge in [-0.2, -0.15) is 15.0 Å². The minimum Gasteiger partial charge on any atom is -0.467 e. The summed E-state index contributed by atoms with van der Waals surface area (Å²) in [5.74, 6) is 0.837. The van der Waals surface area contributed by atoms with Crippen molar-refractivity contribution >= 4 is 17.8 Å². The minimum absolute atomic E-state index is 0.150. The molecule has 2 fully saturated rings. The largest absolute Gasteiger partial charge is 0.467 e. The van der Waals surface area contributed by atoms with E-state index in [4.69, 9.17) is 10.5 Å². The summed E-state index contributed by atoms with van der Waals surface area (Å²) in [7, 11) is 1.56. The smallest absolute Gasteiger partial charge is 0.322 e. The van der Waals surface area contributed by atoms with Gasteiger partial charge in [0, 0.05) is 26.2 Å². The molecule has 1 unspecified atom stereocenters. The highest BCUT2D eigenvalue weighted by molar-refractivity contribution is 5.77. The highest BCUT2D eigenvalue weighted by atomic mass is 16.5. The molecule has 1 aromatic heterocycles. The van der Waals surface area contributed by atoms with Crippen molar-refractivity contribution in [1.29, 1.82) is 0 Å². The van der Waals surface area contributed by atoms with Crippen LogP contribution >= 0.6 is 0 Å². The summed E-state index contributed by atoms with van der Waals surface area (Å²) in [5.41, 5.74) is 5.48. The zero-order valence-corrected chi connectivity index (χ0v) is 14.3. The second-order valence-corrected chi connectivity index (χ2v) is 6.51. The lowest BCUT2D eigenvalue weighted by atomic mass is 9.98. The van der Waals surface area contributed by atoms with Gasteiger partial charge in [0.15, 0.2) is 0 Å². The second-order valence-electron chi connectivity index (χ2n) is 6.51. The highest BCUT2D eigenvalue weighted by Gasteiger charge is 2.27. The van der Waals surface area contributed by atoms with Crippen molar-refractivity contribution in [1.82, 2.24) is 15.0 Å². The van der Waals surface area contributed by atoms with Crippen LogP contribution in [-0.2, 0) is 4.79 Å². The van der Waals surface area contributed by atoms with E-state index in [9.17, 15) is 4.79 Å². The average Bonchev–Trinajstić information content (AvgIpc) is 2.91. The minimum atomic E-state index is -0.256. The summed E-state index contributed by atoms with van der Waals surface area (Å²) in [4.78, 5) is 29.2. The Bertz CT molecular complexity index is 574. The number of rotatable bonds is 4. The molecule has 2 N–H and O–H groups in total. The third-order valence-electron chi connectivity index (χ3n) is 4.77. The quantitative estimate of drug-likeness (QED) is 0.876. The number of carbonyl (C=O) groups is 1. The number of anilines is 2. The van der Waals surface area contributed by atoms with E-state index in [-0.39, 0.29) is 11.8 Å². The highest BCUT2D eigenvalue weighted by Crippen LogP contribution is 2.24. The van der Waals surface area contributed by atoms with Gasteiger partial charge < -0.3 is 20.3 Å². The summed E-state index contributed by atoms with van der Waals surface area (Å²) >= 11 is 0. The Kier molecular flexibility index (Phi) is 5.32. The Morgan fingerprint density at radius 2 is 1.62 bits per heavy atom. The fourth-order valence-corrected chi connectivity index (χ4v) is 3.37. The van der Waals surface area contributed by atoms with E-state index in [1.165, 1.54) is 12.8 Å². The topological polar surface area (TPSA) is 97.5 Å². The number of nitrogens with zero attached hydrogens (tertiary/aromatic N) is 5. The fraction of sp³-hybridized carbons (Fsp3) is 0.750. The zero-order valence-electron chi connectivity index (χ0n) is 14.3. The SMILES string of the molecule is COc1nc(N2CCCCCC2)nc(N2CCCC(C(N)=O)C2)n1. The van der Waals surface area contributed by atoms with Crippen molar-refractivity contribution in [2.24, 2.45) is 11.7 Å². The van der Waals surface area contributed by atoms with E-state index in [1.807, 2.05) is 4.90 Å². The molecule has 24 heavy (non-hydrogen) atoms. The molecule has 132 valence electrons. The van der Waals surface area contributed by atoms with E-state index in [2.05, 4.69) is 19.9 Å². The monoisotopic (exact) mass is 334 g/mol. The molecule has 0 saturated carbocycles. The molecule has 8 heteroatoms. The number of ether oxygens (including phenoxy) is 1. The van der Waals surface area contributed by atoms with Gasteiger partial charge >= 0.3 is 6.01 Å². The summed E-state index contributed by atoms with van der Waals surface area (Å²) in [5, 5.41) is 0. The molecule has 1 amide bonds. The van der Waals surface area contributed by atoms with Crippen LogP contribution in [0.1, 0.15) is 38.5 Å². The van der Waals surface area contributed by atoms with E-state index in [0.29, 0.717) is 24.5 Å². The van der Waals surface area contributed by atoms with Crippen LogP contribution in [0.25, 0.3) is 0 Å². The van der Waals surface area contributed by atoms with Gasteiger partial charge in [0.2, 0.25) is 17.8 Å². The Morgan fingerprint density at radius 1 is 1.00 bits per heavy atom. The molecule has 8 nitrogen and oxygen atoms in total. The first-order chi connectivity index (χ1) is 11.7. The molecule has 1 aromatic rings. The lowest BCUT2D eigenvalue weighted by Gasteiger charge is -2.31. The van der Waals surface area contributed by atoms with E-state index < -0.39 is 0 Å². The number of carbonyl (C=O) groups excluding carboxylic acids is 1. The Hall–Kier alpha value is -2.12. The van der Waals surface area contributed by atoms with E-state index >= 15 is 0 Å². The number of primary amides is 1. The zero-order chi connectivity index (χ0) is 16.9. The maximum atomic E-state index is 11.5. The van der Waals surface area contributed by atoms with Crippen LogP contribution in [-0.4, -0.2) is 54.1 Å². The Balaban J connectivity index is 1.84. The van der Waals surface area contributed by atoms with Gasteiger partial charge in [0.25, 0.3) is 0 Å². The molecular weight excluding hydrogens is 308 g/mol. The molecule has 2 aliphatic heterocycles. The first-order valence-corrected chi connectivity index (χ1v) is 8.76. The molecule has 0 spiro atoms.